The summed E-state index contributed by atoms with van der Waals surface area (Å²) in [5, 5.41) is 31.8. The molecule has 5 N–H and O–H groups in total. The zero-order valence-corrected chi connectivity index (χ0v) is 24.0. The molecule has 12 heteroatoms. The van der Waals surface area contributed by atoms with Gasteiger partial charge >= 0.3 is 12.0 Å². The zero-order valence-electron chi connectivity index (χ0n) is 24.0. The maximum atomic E-state index is 12.7. The van der Waals surface area contributed by atoms with E-state index in [0.29, 0.717) is 38.7 Å². The second-order valence-electron chi connectivity index (χ2n) is 9.87. The minimum Gasteiger partial charge on any atom is -0.619 e. The van der Waals surface area contributed by atoms with Gasteiger partial charge in [-0.3, -0.25) is 9.59 Å². The number of para-hydroxylation sites is 1. The predicted octanol–water partition coefficient (Wildman–Crippen LogP) is 3.89. The molecule has 0 fully saturated rings. The first kappa shape index (κ1) is 31.0. The number of carbonyl (C=O) groups excluding carboxylic acids is 3. The molecule has 0 aliphatic carbocycles. The number of nitrogens with one attached hydrogen (secondary N) is 4. The summed E-state index contributed by atoms with van der Waals surface area (Å²) in [5.74, 6) is -1.83. The van der Waals surface area contributed by atoms with Gasteiger partial charge in [0.2, 0.25) is 5.91 Å². The molecule has 1 atom stereocenters. The Bertz CT molecular complexity index is 1670. The minimum absolute atomic E-state index is 0.0112. The van der Waals surface area contributed by atoms with Crippen LogP contribution in [0.3, 0.4) is 0 Å². The Labute approximate surface area is 253 Å². The number of pyridine rings is 1. The molecule has 0 aliphatic rings. The molecule has 0 saturated heterocycles. The number of carboxylic acids is 1. The highest BCUT2D eigenvalue weighted by Gasteiger charge is 2.22. The summed E-state index contributed by atoms with van der Waals surface area (Å²) in [6.45, 7) is 1.89. The van der Waals surface area contributed by atoms with Gasteiger partial charge in [-0.15, -0.1) is 0 Å². The molecule has 0 radical (unpaired) electrons. The molecule has 44 heavy (non-hydrogen) atoms. The number of methoxy groups -OCH3 is 1. The molecule has 0 saturated carbocycles. The van der Waals surface area contributed by atoms with Crippen molar-refractivity contribution >= 4 is 40.9 Å². The van der Waals surface area contributed by atoms with E-state index in [2.05, 4.69) is 21.3 Å². The largest absolute Gasteiger partial charge is 0.619 e. The van der Waals surface area contributed by atoms with Gasteiger partial charge in [0.25, 0.3) is 5.91 Å². The van der Waals surface area contributed by atoms with Gasteiger partial charge in [0.1, 0.15) is 17.4 Å². The molecule has 0 spiro atoms. The summed E-state index contributed by atoms with van der Waals surface area (Å²) in [6, 6.07) is 20.1. The van der Waals surface area contributed by atoms with E-state index < -0.39 is 23.9 Å². The predicted molar refractivity (Wildman–Crippen MR) is 164 cm³/mol. The number of aliphatic carboxylic acids is 1. The molecule has 1 heterocycles. The molecule has 1 unspecified atom stereocenters. The number of hydrogen-bond donors (Lipinski definition) is 5. The number of ether oxygens (including phenoxy) is 1. The van der Waals surface area contributed by atoms with Crippen molar-refractivity contribution in [3.8, 4) is 5.75 Å². The number of urea groups is 1. The Morgan fingerprint density at radius 1 is 0.886 bits per heavy atom. The summed E-state index contributed by atoms with van der Waals surface area (Å²) in [4.78, 5) is 49.4. The van der Waals surface area contributed by atoms with Gasteiger partial charge in [-0.05, 0) is 60.0 Å². The van der Waals surface area contributed by atoms with Crippen molar-refractivity contribution in [3.63, 3.8) is 0 Å². The van der Waals surface area contributed by atoms with E-state index >= 15 is 0 Å². The Kier molecular flexibility index (Phi) is 10.1. The topological polar surface area (TPSA) is 173 Å². The normalized spacial score (nSPS) is 11.1. The summed E-state index contributed by atoms with van der Waals surface area (Å²) in [6.07, 6.45) is 2.29. The van der Waals surface area contributed by atoms with Crippen LogP contribution in [0, 0.1) is 12.1 Å². The lowest BCUT2D eigenvalue weighted by Gasteiger charge is -2.15. The highest BCUT2D eigenvalue weighted by molar-refractivity contribution is 6.01. The van der Waals surface area contributed by atoms with Crippen LogP contribution in [0.25, 0.3) is 0 Å². The third-order valence-electron chi connectivity index (χ3n) is 6.59. The maximum absolute atomic E-state index is 12.7. The van der Waals surface area contributed by atoms with E-state index in [9.17, 15) is 29.5 Å². The van der Waals surface area contributed by atoms with Crippen LogP contribution in [-0.2, 0) is 22.4 Å². The highest BCUT2D eigenvalue weighted by Crippen LogP contribution is 2.26. The lowest BCUT2D eigenvalue weighted by molar-refractivity contribution is -0.605. The van der Waals surface area contributed by atoms with Crippen molar-refractivity contribution in [1.82, 2.24) is 5.32 Å². The number of aromatic nitrogens is 1. The molecule has 0 aliphatic heterocycles. The fourth-order valence-electron chi connectivity index (χ4n) is 4.32. The number of carboxylic acid groups (broad SMARTS) is 1. The molecule has 226 valence electrons. The number of hydrogen-bond acceptors (Lipinski definition) is 6. The molecule has 3 aromatic carbocycles. The first-order valence-electron chi connectivity index (χ1n) is 13.5. The summed E-state index contributed by atoms with van der Waals surface area (Å²) in [5.41, 5.74) is 3.84. The van der Waals surface area contributed by atoms with Gasteiger partial charge in [0, 0.05) is 23.9 Å². The smallest absolute Gasteiger partial charge is 0.326 e. The molecule has 4 rings (SSSR count). The van der Waals surface area contributed by atoms with Crippen LogP contribution in [0.4, 0.5) is 21.9 Å². The van der Waals surface area contributed by atoms with Crippen molar-refractivity contribution in [2.24, 2.45) is 0 Å². The van der Waals surface area contributed by atoms with E-state index in [4.69, 9.17) is 4.74 Å². The number of amides is 4. The third-order valence-corrected chi connectivity index (χ3v) is 6.59. The second kappa shape index (κ2) is 14.3. The van der Waals surface area contributed by atoms with Gasteiger partial charge in [0.15, 0.2) is 12.4 Å². The summed E-state index contributed by atoms with van der Waals surface area (Å²) in [7, 11) is 1.47. The summed E-state index contributed by atoms with van der Waals surface area (Å²) < 4.78 is 5.87. The Hall–Kier alpha value is -5.91. The Balaban J connectivity index is 1.32. The fraction of sp³-hybridized carbons (Fsp3) is 0.156. The maximum Gasteiger partial charge on any atom is 0.326 e. The zero-order chi connectivity index (χ0) is 31.6. The standard InChI is InChI=1S/C32H31N5O7/c1-20-6-3-4-8-25(20)35-32(42)36-26-14-11-22(17-28(26)44-2)18-29(38)33-24-12-9-21(10-13-24)16-27(31(40)41)34-30(39)23-7-5-15-37(43)19-23/h3-15,17,19,27H,16,18H2,1-2H3,(H,33,38)(H,34,39)(H,40,41)(H2,35,36,42). The molecule has 4 amide bonds. The fourth-order valence-corrected chi connectivity index (χ4v) is 4.32. The third kappa shape index (κ3) is 8.55. The Morgan fingerprint density at radius 3 is 2.27 bits per heavy atom. The molecular formula is C32H31N5O7. The molecule has 12 nitrogen and oxygen atoms in total. The van der Waals surface area contributed by atoms with E-state index in [1.54, 1.807) is 48.5 Å². The minimum atomic E-state index is -1.23. The number of carbonyl (C=O) groups is 4. The van der Waals surface area contributed by atoms with Crippen LogP contribution >= 0.6 is 0 Å². The number of aryl methyl sites for hydroxylation is 1. The van der Waals surface area contributed by atoms with Crippen LogP contribution in [0.5, 0.6) is 5.75 Å². The second-order valence-corrected chi connectivity index (χ2v) is 9.87. The average molecular weight is 598 g/mol. The van der Waals surface area contributed by atoms with Crippen LogP contribution in [0.1, 0.15) is 27.0 Å². The van der Waals surface area contributed by atoms with Crippen molar-refractivity contribution in [3.05, 3.63) is 119 Å². The average Bonchev–Trinajstić information content (AvgIpc) is 2.99. The molecule has 0 bridgehead atoms. The van der Waals surface area contributed by atoms with Crippen LogP contribution < -0.4 is 30.7 Å². The van der Waals surface area contributed by atoms with Crippen molar-refractivity contribution in [2.45, 2.75) is 25.8 Å². The number of nitrogens with zero attached hydrogens (tertiary/aromatic N) is 1. The van der Waals surface area contributed by atoms with Gasteiger partial charge in [-0.1, -0.05) is 36.4 Å². The van der Waals surface area contributed by atoms with E-state index in [-0.39, 0.29) is 24.3 Å². The first-order valence-corrected chi connectivity index (χ1v) is 13.5. The van der Waals surface area contributed by atoms with E-state index in [1.165, 1.54) is 25.4 Å². The van der Waals surface area contributed by atoms with Crippen LogP contribution in [0.15, 0.2) is 91.3 Å². The quantitative estimate of drug-likeness (QED) is 0.129. The number of benzene rings is 3. The van der Waals surface area contributed by atoms with Crippen molar-refractivity contribution < 1.29 is 33.8 Å². The van der Waals surface area contributed by atoms with E-state index in [0.717, 1.165) is 11.8 Å². The lowest BCUT2D eigenvalue weighted by atomic mass is 10.0. The van der Waals surface area contributed by atoms with Gasteiger partial charge in [0.05, 0.1) is 19.2 Å². The van der Waals surface area contributed by atoms with Gasteiger partial charge in [-0.2, -0.15) is 4.73 Å². The first-order chi connectivity index (χ1) is 21.1. The SMILES string of the molecule is COc1cc(CC(=O)Nc2ccc(CC(NC(=O)c3ccc[n+]([O-])c3)C(=O)O)cc2)ccc1NC(=O)Nc1ccccc1C. The summed E-state index contributed by atoms with van der Waals surface area (Å²) >= 11 is 0. The van der Waals surface area contributed by atoms with Crippen LogP contribution in [-0.4, -0.2) is 42.1 Å². The van der Waals surface area contributed by atoms with E-state index in [1.807, 2.05) is 25.1 Å². The number of anilines is 3. The lowest BCUT2D eigenvalue weighted by Crippen LogP contribution is -2.43. The monoisotopic (exact) mass is 597 g/mol. The molecule has 4 aromatic rings. The Morgan fingerprint density at radius 2 is 1.59 bits per heavy atom. The van der Waals surface area contributed by atoms with Crippen molar-refractivity contribution in [1.29, 1.82) is 0 Å². The molecule has 1 aromatic heterocycles. The van der Waals surface area contributed by atoms with Crippen molar-refractivity contribution in [2.75, 3.05) is 23.1 Å². The van der Waals surface area contributed by atoms with Gasteiger partial charge < -0.3 is 36.3 Å². The number of rotatable bonds is 11. The molecular weight excluding hydrogens is 566 g/mol. The van der Waals surface area contributed by atoms with Crippen LogP contribution in [0.2, 0.25) is 0 Å². The van der Waals surface area contributed by atoms with Gasteiger partial charge in [-0.25, -0.2) is 9.59 Å². The highest BCUT2D eigenvalue weighted by atomic mass is 16.5.